The van der Waals surface area contributed by atoms with Gasteiger partial charge in [-0.1, -0.05) is 6.92 Å². The molecule has 1 rings (SSSR count). The lowest BCUT2D eigenvalue weighted by molar-refractivity contribution is -0.104. The number of carbonyl (C=O) groups excluding carboxylic acids is 1. The van der Waals surface area contributed by atoms with E-state index in [0.717, 1.165) is 24.0 Å². The number of hydrogen-bond acceptors (Lipinski definition) is 2. The molecule has 0 spiro atoms. The maximum Gasteiger partial charge on any atom is 0.146 e. The van der Waals surface area contributed by atoms with Crippen molar-refractivity contribution >= 4 is 12.4 Å². The first-order valence-corrected chi connectivity index (χ1v) is 3.56. The molecule has 58 valence electrons. The standard InChI is InChI=1S/C9H10O2/c1-2-8(7-10)6-9-4-3-5-11-9/h3-7H,2H2,1H3/b8-6-. The molecule has 11 heavy (non-hydrogen) atoms. The molecule has 0 unspecified atom stereocenters. The molecule has 0 aliphatic carbocycles. The minimum absolute atomic E-state index is 0.731. The zero-order chi connectivity index (χ0) is 8.10. The van der Waals surface area contributed by atoms with Crippen LogP contribution in [0.15, 0.2) is 28.4 Å². The van der Waals surface area contributed by atoms with Crippen LogP contribution >= 0.6 is 0 Å². The van der Waals surface area contributed by atoms with Gasteiger partial charge in [0.15, 0.2) is 0 Å². The molecule has 1 heterocycles. The van der Waals surface area contributed by atoms with Crippen LogP contribution in [0.25, 0.3) is 6.08 Å². The summed E-state index contributed by atoms with van der Waals surface area (Å²) >= 11 is 0. The van der Waals surface area contributed by atoms with Gasteiger partial charge in [0.05, 0.1) is 6.26 Å². The molecule has 0 N–H and O–H groups in total. The first-order valence-electron chi connectivity index (χ1n) is 3.56. The zero-order valence-electron chi connectivity index (χ0n) is 6.41. The fourth-order valence-electron chi connectivity index (χ4n) is 0.776. The second-order valence-electron chi connectivity index (χ2n) is 2.21. The number of hydrogen-bond donors (Lipinski definition) is 0. The van der Waals surface area contributed by atoms with Gasteiger partial charge in [-0.3, -0.25) is 4.79 Å². The highest BCUT2D eigenvalue weighted by Gasteiger charge is 1.93. The predicted octanol–water partition coefficient (Wildman–Crippen LogP) is 2.27. The lowest BCUT2D eigenvalue weighted by Crippen LogP contribution is -1.79. The Hall–Kier alpha value is -1.31. The van der Waals surface area contributed by atoms with Crippen molar-refractivity contribution in [2.45, 2.75) is 13.3 Å². The quantitative estimate of drug-likeness (QED) is 0.488. The Labute approximate surface area is 65.5 Å². The Bertz CT molecular complexity index is 245. The van der Waals surface area contributed by atoms with Crippen molar-refractivity contribution in [2.75, 3.05) is 0 Å². The second kappa shape index (κ2) is 3.76. The van der Waals surface area contributed by atoms with Gasteiger partial charge in [0, 0.05) is 0 Å². The van der Waals surface area contributed by atoms with Gasteiger partial charge in [-0.25, -0.2) is 0 Å². The average Bonchev–Trinajstić information content (AvgIpc) is 2.52. The molecule has 0 aromatic carbocycles. The Morgan fingerprint density at radius 1 is 1.73 bits per heavy atom. The number of allylic oxidation sites excluding steroid dienone is 1. The highest BCUT2D eigenvalue weighted by Crippen LogP contribution is 2.07. The summed E-state index contributed by atoms with van der Waals surface area (Å²) in [6.45, 7) is 1.93. The molecule has 0 atom stereocenters. The third kappa shape index (κ3) is 2.08. The Kier molecular flexibility index (Phi) is 2.66. The minimum Gasteiger partial charge on any atom is -0.465 e. The van der Waals surface area contributed by atoms with E-state index in [-0.39, 0.29) is 0 Å². The van der Waals surface area contributed by atoms with E-state index in [1.54, 1.807) is 18.4 Å². The summed E-state index contributed by atoms with van der Waals surface area (Å²) in [5.74, 6) is 0.731. The van der Waals surface area contributed by atoms with Gasteiger partial charge in [0.25, 0.3) is 0 Å². The fraction of sp³-hybridized carbons (Fsp3) is 0.222. The highest BCUT2D eigenvalue weighted by atomic mass is 16.3. The molecule has 1 aromatic heterocycles. The van der Waals surface area contributed by atoms with E-state index in [1.165, 1.54) is 0 Å². The van der Waals surface area contributed by atoms with Crippen LogP contribution in [0.2, 0.25) is 0 Å². The molecular formula is C9H10O2. The molecule has 0 amide bonds. The van der Waals surface area contributed by atoms with Crippen molar-refractivity contribution in [2.24, 2.45) is 0 Å². The lowest BCUT2D eigenvalue weighted by Gasteiger charge is -1.89. The SMILES string of the molecule is CC/C(C=O)=C/c1ccco1. The Morgan fingerprint density at radius 2 is 2.55 bits per heavy atom. The van der Waals surface area contributed by atoms with E-state index in [1.807, 2.05) is 13.0 Å². The molecule has 0 bridgehead atoms. The molecule has 2 nitrogen and oxygen atoms in total. The number of aldehydes is 1. The van der Waals surface area contributed by atoms with Crippen LogP contribution in [0, 0.1) is 0 Å². The second-order valence-corrected chi connectivity index (χ2v) is 2.21. The molecular weight excluding hydrogens is 140 g/mol. The van der Waals surface area contributed by atoms with Gasteiger partial charge in [-0.15, -0.1) is 0 Å². The van der Waals surface area contributed by atoms with Crippen LogP contribution in [0.5, 0.6) is 0 Å². The van der Waals surface area contributed by atoms with E-state index < -0.39 is 0 Å². The minimum atomic E-state index is 0.731. The summed E-state index contributed by atoms with van der Waals surface area (Å²) in [4.78, 5) is 10.4. The molecule has 0 fully saturated rings. The van der Waals surface area contributed by atoms with Crippen LogP contribution < -0.4 is 0 Å². The predicted molar refractivity (Wildman–Crippen MR) is 43.0 cm³/mol. The van der Waals surface area contributed by atoms with E-state index in [4.69, 9.17) is 4.42 Å². The van der Waals surface area contributed by atoms with E-state index >= 15 is 0 Å². The molecule has 0 radical (unpaired) electrons. The highest BCUT2D eigenvalue weighted by molar-refractivity contribution is 5.80. The molecule has 0 saturated heterocycles. The van der Waals surface area contributed by atoms with Crippen molar-refractivity contribution in [1.82, 2.24) is 0 Å². The molecule has 0 saturated carbocycles. The number of furan rings is 1. The van der Waals surface area contributed by atoms with E-state index in [0.29, 0.717) is 0 Å². The summed E-state index contributed by atoms with van der Waals surface area (Å²) in [5.41, 5.74) is 0.750. The summed E-state index contributed by atoms with van der Waals surface area (Å²) in [5, 5.41) is 0. The van der Waals surface area contributed by atoms with Crippen molar-refractivity contribution in [3.63, 3.8) is 0 Å². The normalized spacial score (nSPS) is 11.5. The summed E-state index contributed by atoms with van der Waals surface area (Å²) < 4.78 is 5.03. The van der Waals surface area contributed by atoms with Gasteiger partial charge >= 0.3 is 0 Å². The lowest BCUT2D eigenvalue weighted by atomic mass is 10.2. The van der Waals surface area contributed by atoms with E-state index in [9.17, 15) is 4.79 Å². The van der Waals surface area contributed by atoms with Crippen molar-refractivity contribution < 1.29 is 9.21 Å². The third-order valence-corrected chi connectivity index (χ3v) is 1.43. The van der Waals surface area contributed by atoms with Crippen LogP contribution in [-0.4, -0.2) is 6.29 Å². The molecule has 0 aliphatic rings. The molecule has 0 aliphatic heterocycles. The van der Waals surface area contributed by atoms with Gasteiger partial charge in [-0.05, 0) is 30.2 Å². The van der Waals surface area contributed by atoms with Crippen molar-refractivity contribution in [1.29, 1.82) is 0 Å². The van der Waals surface area contributed by atoms with Crippen LogP contribution in [0.1, 0.15) is 19.1 Å². The monoisotopic (exact) mass is 150 g/mol. The smallest absolute Gasteiger partial charge is 0.146 e. The largest absolute Gasteiger partial charge is 0.465 e. The topological polar surface area (TPSA) is 30.2 Å². The summed E-state index contributed by atoms with van der Waals surface area (Å²) in [6, 6.07) is 3.61. The van der Waals surface area contributed by atoms with Crippen LogP contribution in [-0.2, 0) is 4.79 Å². The van der Waals surface area contributed by atoms with Gasteiger partial charge < -0.3 is 4.42 Å². The summed E-state index contributed by atoms with van der Waals surface area (Å²) in [6.07, 6.45) is 4.92. The average molecular weight is 150 g/mol. The van der Waals surface area contributed by atoms with Crippen molar-refractivity contribution in [3.8, 4) is 0 Å². The number of rotatable bonds is 3. The maximum atomic E-state index is 10.4. The first kappa shape index (κ1) is 7.79. The van der Waals surface area contributed by atoms with Crippen molar-refractivity contribution in [3.05, 3.63) is 29.7 Å². The van der Waals surface area contributed by atoms with Crippen LogP contribution in [0.4, 0.5) is 0 Å². The zero-order valence-corrected chi connectivity index (χ0v) is 6.41. The fourth-order valence-corrected chi connectivity index (χ4v) is 0.776. The Balaban J connectivity index is 2.79. The molecule has 1 aromatic rings. The maximum absolute atomic E-state index is 10.4. The summed E-state index contributed by atoms with van der Waals surface area (Å²) in [7, 11) is 0. The third-order valence-electron chi connectivity index (χ3n) is 1.43. The first-order chi connectivity index (χ1) is 5.36. The van der Waals surface area contributed by atoms with Gasteiger partial charge in [0.1, 0.15) is 12.0 Å². The Morgan fingerprint density at radius 3 is 3.00 bits per heavy atom. The van der Waals surface area contributed by atoms with Gasteiger partial charge in [-0.2, -0.15) is 0 Å². The number of carbonyl (C=O) groups is 1. The van der Waals surface area contributed by atoms with E-state index in [2.05, 4.69) is 0 Å². The van der Waals surface area contributed by atoms with Gasteiger partial charge in [0.2, 0.25) is 0 Å². The molecule has 2 heteroatoms. The van der Waals surface area contributed by atoms with Crippen LogP contribution in [0.3, 0.4) is 0 Å².